The topological polar surface area (TPSA) is 78.8 Å². The lowest BCUT2D eigenvalue weighted by molar-refractivity contribution is 0.0613. The third kappa shape index (κ3) is 4.57. The minimum atomic E-state index is -3.04. The predicted octanol–water partition coefficient (Wildman–Crippen LogP) is 4.99. The molecule has 1 heterocycles. The van der Waals surface area contributed by atoms with Crippen molar-refractivity contribution < 1.29 is 17.7 Å². The van der Waals surface area contributed by atoms with Crippen molar-refractivity contribution in [3.8, 4) is 0 Å². The van der Waals surface area contributed by atoms with Crippen LogP contribution in [0.2, 0.25) is 5.02 Å². The molecular weight excluding hydrogens is 408 g/mol. The lowest BCUT2D eigenvalue weighted by Crippen LogP contribution is -2.09. The Labute approximate surface area is 166 Å². The Morgan fingerprint density at radius 2 is 1.93 bits per heavy atom. The van der Waals surface area contributed by atoms with Crippen LogP contribution in [0.4, 0.5) is 8.78 Å². The second-order valence-electron chi connectivity index (χ2n) is 6.39. The molecule has 3 aromatic rings. The van der Waals surface area contributed by atoms with E-state index in [1.165, 1.54) is 36.6 Å². The van der Waals surface area contributed by atoms with Gasteiger partial charge in [-0.3, -0.25) is 0 Å². The number of halogens is 3. The van der Waals surface area contributed by atoms with Crippen molar-refractivity contribution in [1.29, 1.82) is 4.78 Å². The van der Waals surface area contributed by atoms with Crippen LogP contribution in [0.5, 0.6) is 0 Å². The Morgan fingerprint density at radius 1 is 1.25 bits per heavy atom. The Hall–Kier alpha value is -2.29. The Kier molecular flexibility index (Phi) is 5.83. The number of aromatic amines is 1. The van der Waals surface area contributed by atoms with E-state index in [2.05, 4.69) is 9.97 Å². The van der Waals surface area contributed by atoms with Gasteiger partial charge in [0.15, 0.2) is 5.03 Å². The molecule has 5 nitrogen and oxygen atoms in total. The number of hydrogen-bond acceptors (Lipinski definition) is 4. The van der Waals surface area contributed by atoms with Gasteiger partial charge in [0, 0.05) is 11.9 Å². The van der Waals surface area contributed by atoms with Gasteiger partial charge in [0.05, 0.1) is 21.4 Å². The first-order chi connectivity index (χ1) is 13.1. The number of benzene rings is 2. The van der Waals surface area contributed by atoms with E-state index < -0.39 is 21.7 Å². The third-order valence-electron chi connectivity index (χ3n) is 4.05. The largest absolute Gasteiger partial charge is 0.361 e. The van der Waals surface area contributed by atoms with Gasteiger partial charge in [0.25, 0.3) is 0 Å². The summed E-state index contributed by atoms with van der Waals surface area (Å²) in [5.74, 6) is -0.606. The molecule has 1 unspecified atom stereocenters. The first-order valence-electron chi connectivity index (χ1n) is 8.26. The van der Waals surface area contributed by atoms with Crippen molar-refractivity contribution >= 4 is 21.3 Å². The number of aromatic nitrogens is 2. The van der Waals surface area contributed by atoms with Crippen LogP contribution in [0.25, 0.3) is 0 Å². The van der Waals surface area contributed by atoms with Crippen LogP contribution in [0.15, 0.2) is 47.5 Å². The fourth-order valence-corrected chi connectivity index (χ4v) is 3.84. The van der Waals surface area contributed by atoms with Gasteiger partial charge in [-0.05, 0) is 42.3 Å². The first-order valence-corrected chi connectivity index (χ1v) is 10.6. The molecule has 0 fully saturated rings. The number of ether oxygens (including phenoxy) is 1. The fraction of sp³-hybridized carbons (Fsp3) is 0.211. The van der Waals surface area contributed by atoms with Crippen LogP contribution in [-0.2, 0) is 21.1 Å². The van der Waals surface area contributed by atoms with E-state index in [1.54, 1.807) is 19.1 Å². The summed E-state index contributed by atoms with van der Waals surface area (Å²) < 4.78 is 52.6. The second kappa shape index (κ2) is 7.98. The van der Waals surface area contributed by atoms with Crippen molar-refractivity contribution in [1.82, 2.24) is 9.97 Å². The molecular formula is C19H18ClF2N3O2S. The summed E-state index contributed by atoms with van der Waals surface area (Å²) in [6.45, 7) is 1.79. The van der Waals surface area contributed by atoms with Crippen molar-refractivity contribution in [2.24, 2.45) is 0 Å². The zero-order chi connectivity index (χ0) is 20.5. The van der Waals surface area contributed by atoms with Crippen LogP contribution in [0.3, 0.4) is 0 Å². The molecule has 0 radical (unpaired) electrons. The van der Waals surface area contributed by atoms with Gasteiger partial charge in [-0.2, -0.15) is 0 Å². The number of rotatable bonds is 6. The highest BCUT2D eigenvalue weighted by molar-refractivity contribution is 7.91. The van der Waals surface area contributed by atoms with Crippen molar-refractivity contribution in [2.45, 2.75) is 24.7 Å². The summed E-state index contributed by atoms with van der Waals surface area (Å²) in [5, 5.41) is 0.0576. The molecule has 28 heavy (non-hydrogen) atoms. The Bertz CT molecular complexity index is 1100. The fourth-order valence-electron chi connectivity index (χ4n) is 2.74. The second-order valence-corrected chi connectivity index (χ2v) is 8.87. The molecule has 1 aromatic heterocycles. The molecule has 0 aliphatic carbocycles. The summed E-state index contributed by atoms with van der Waals surface area (Å²) in [6.07, 6.45) is 0.501. The van der Waals surface area contributed by atoms with Gasteiger partial charge in [0.2, 0.25) is 0 Å². The van der Waals surface area contributed by atoms with Crippen LogP contribution in [0.1, 0.15) is 28.7 Å². The molecule has 0 amide bonds. The smallest absolute Gasteiger partial charge is 0.156 e. The van der Waals surface area contributed by atoms with Crippen molar-refractivity contribution in [2.75, 3.05) is 6.26 Å². The maximum absolute atomic E-state index is 13.6. The standard InChI is InChI=1S/C19H18ClF2N3O2S/c1-11-19(28(2,23)26)25-18(24-11)17(13-5-8-16(22)15(20)9-13)27-10-12-3-6-14(21)7-4-12/h3-9,17,23H,10H2,1-2H3,(H,24,25)/t17?,28-/m1/s1. The van der Waals surface area contributed by atoms with Crippen LogP contribution in [-0.4, -0.2) is 20.4 Å². The molecule has 0 aliphatic rings. The molecule has 2 aromatic carbocycles. The molecule has 3 rings (SSSR count). The van der Waals surface area contributed by atoms with Gasteiger partial charge in [-0.25, -0.2) is 22.8 Å². The van der Waals surface area contributed by atoms with Gasteiger partial charge in [0.1, 0.15) is 23.6 Å². The molecule has 9 heteroatoms. The first kappa shape index (κ1) is 20.4. The van der Waals surface area contributed by atoms with E-state index in [9.17, 15) is 13.0 Å². The van der Waals surface area contributed by atoms with Crippen molar-refractivity contribution in [3.05, 3.63) is 81.8 Å². The van der Waals surface area contributed by atoms with Crippen LogP contribution in [0, 0.1) is 23.3 Å². The van der Waals surface area contributed by atoms with Crippen molar-refractivity contribution in [3.63, 3.8) is 0 Å². The van der Waals surface area contributed by atoms with E-state index in [0.29, 0.717) is 17.1 Å². The van der Waals surface area contributed by atoms with E-state index in [4.69, 9.17) is 21.1 Å². The minimum Gasteiger partial charge on any atom is -0.361 e. The van der Waals surface area contributed by atoms with Gasteiger partial charge < -0.3 is 9.72 Å². The third-order valence-corrected chi connectivity index (χ3v) is 5.48. The van der Waals surface area contributed by atoms with Gasteiger partial charge in [-0.15, -0.1) is 0 Å². The average molecular weight is 426 g/mol. The molecule has 0 saturated carbocycles. The average Bonchev–Trinajstić information content (AvgIpc) is 3.01. The number of nitrogens with one attached hydrogen (secondary N) is 2. The highest BCUT2D eigenvalue weighted by Crippen LogP contribution is 2.30. The monoisotopic (exact) mass is 425 g/mol. The lowest BCUT2D eigenvalue weighted by Gasteiger charge is -2.17. The quantitative estimate of drug-likeness (QED) is 0.583. The maximum Gasteiger partial charge on any atom is 0.156 e. The summed E-state index contributed by atoms with van der Waals surface area (Å²) in [5.41, 5.74) is 1.74. The highest BCUT2D eigenvalue weighted by Gasteiger charge is 2.23. The zero-order valence-corrected chi connectivity index (χ0v) is 16.7. The zero-order valence-electron chi connectivity index (χ0n) is 15.1. The Balaban J connectivity index is 1.98. The Morgan fingerprint density at radius 3 is 2.50 bits per heavy atom. The summed E-state index contributed by atoms with van der Waals surface area (Å²) >= 11 is 5.91. The minimum absolute atomic E-state index is 0.0730. The van der Waals surface area contributed by atoms with Gasteiger partial charge >= 0.3 is 0 Å². The molecule has 148 valence electrons. The predicted molar refractivity (Wildman–Crippen MR) is 103 cm³/mol. The number of H-pyrrole nitrogens is 1. The maximum atomic E-state index is 13.6. The number of hydrogen-bond donors (Lipinski definition) is 2. The summed E-state index contributed by atoms with van der Waals surface area (Å²) in [7, 11) is -3.04. The molecule has 2 atom stereocenters. The van der Waals surface area contributed by atoms with E-state index in [0.717, 1.165) is 5.56 Å². The van der Waals surface area contributed by atoms with E-state index in [1.807, 2.05) is 0 Å². The molecule has 0 spiro atoms. The normalized spacial score (nSPS) is 14.6. The van der Waals surface area contributed by atoms with Crippen LogP contribution >= 0.6 is 11.6 Å². The van der Waals surface area contributed by atoms with Crippen LogP contribution < -0.4 is 0 Å². The summed E-state index contributed by atoms with van der Waals surface area (Å²) in [4.78, 5) is 7.29. The molecule has 0 aliphatic heterocycles. The van der Waals surface area contributed by atoms with Gasteiger partial charge in [-0.1, -0.05) is 29.8 Å². The molecule has 2 N–H and O–H groups in total. The number of aryl methyl sites for hydroxylation is 1. The van der Waals surface area contributed by atoms with E-state index in [-0.39, 0.29) is 22.5 Å². The summed E-state index contributed by atoms with van der Waals surface area (Å²) in [6, 6.07) is 9.98. The lowest BCUT2D eigenvalue weighted by atomic mass is 10.1. The SMILES string of the molecule is Cc1[nH]c(C(OCc2ccc(F)cc2)c2ccc(F)c(Cl)c2)nc1[S@](C)(=N)=O. The molecule has 0 bridgehead atoms. The van der Waals surface area contributed by atoms with E-state index >= 15 is 0 Å². The number of imidazole rings is 1. The molecule has 0 saturated heterocycles. The highest BCUT2D eigenvalue weighted by atomic mass is 35.5. The number of nitrogens with zero attached hydrogens (tertiary/aromatic N) is 1.